The van der Waals surface area contributed by atoms with E-state index >= 15 is 0 Å². The van der Waals surface area contributed by atoms with E-state index in [-0.39, 0.29) is 11.7 Å². The molecule has 0 radical (unpaired) electrons. The molecular weight excluding hydrogens is 392 g/mol. The highest BCUT2D eigenvalue weighted by Gasteiger charge is 2.23. The summed E-state index contributed by atoms with van der Waals surface area (Å²) in [5.74, 6) is 0.778. The predicted molar refractivity (Wildman–Crippen MR) is 104 cm³/mol. The summed E-state index contributed by atoms with van der Waals surface area (Å²) in [6.07, 6.45) is 5.30. The van der Waals surface area contributed by atoms with Gasteiger partial charge in [0.1, 0.15) is 12.7 Å². The molecule has 30 heavy (non-hydrogen) atoms. The Labute approximate surface area is 171 Å². The molecule has 0 saturated carbocycles. The van der Waals surface area contributed by atoms with Crippen LogP contribution in [0.1, 0.15) is 22.1 Å². The van der Waals surface area contributed by atoms with Gasteiger partial charge in [0.2, 0.25) is 5.82 Å². The summed E-state index contributed by atoms with van der Waals surface area (Å²) in [7, 11) is 1.61. The average Bonchev–Trinajstić information content (AvgIpc) is 3.49. The monoisotopic (exact) mass is 414 g/mol. The zero-order valence-corrected chi connectivity index (χ0v) is 16.5. The van der Waals surface area contributed by atoms with Gasteiger partial charge in [-0.2, -0.15) is 0 Å². The van der Waals surface area contributed by atoms with Crippen LogP contribution in [0.3, 0.4) is 0 Å². The molecule has 3 aromatic rings. The summed E-state index contributed by atoms with van der Waals surface area (Å²) in [6.45, 7) is 4.02. The fourth-order valence-corrected chi connectivity index (χ4v) is 3.43. The number of amides is 1. The Kier molecular flexibility index (Phi) is 5.57. The molecule has 0 unspecified atom stereocenters. The smallest absolute Gasteiger partial charge is 0.342 e. The van der Waals surface area contributed by atoms with Gasteiger partial charge in [0, 0.05) is 45.3 Å². The molecule has 0 spiro atoms. The summed E-state index contributed by atoms with van der Waals surface area (Å²) in [4.78, 5) is 30.9. The molecule has 1 aliphatic rings. The maximum atomic E-state index is 12.3. The van der Waals surface area contributed by atoms with Crippen LogP contribution in [0.2, 0.25) is 0 Å². The van der Waals surface area contributed by atoms with Gasteiger partial charge in [-0.15, -0.1) is 5.10 Å². The Balaban J connectivity index is 1.25. The van der Waals surface area contributed by atoms with Crippen LogP contribution in [0.25, 0.3) is 0 Å². The van der Waals surface area contributed by atoms with Crippen molar-refractivity contribution >= 4 is 11.7 Å². The lowest BCUT2D eigenvalue weighted by molar-refractivity contribution is -0.391. The number of nitro groups is 1. The average molecular weight is 414 g/mol. The van der Waals surface area contributed by atoms with Crippen molar-refractivity contribution in [2.24, 2.45) is 7.05 Å². The Morgan fingerprint density at radius 1 is 1.30 bits per heavy atom. The van der Waals surface area contributed by atoms with Crippen molar-refractivity contribution in [1.29, 1.82) is 0 Å². The first kappa shape index (κ1) is 19.8. The normalized spacial score (nSPS) is 14.9. The van der Waals surface area contributed by atoms with Crippen LogP contribution in [-0.4, -0.2) is 77.9 Å². The third kappa shape index (κ3) is 4.22. The maximum Gasteiger partial charge on any atom is 0.342 e. The van der Waals surface area contributed by atoms with E-state index < -0.39 is 4.92 Å². The fraction of sp³-hybridized carbons (Fsp3) is 0.444. The van der Waals surface area contributed by atoms with E-state index in [4.69, 9.17) is 4.42 Å². The molecule has 1 fully saturated rings. The van der Waals surface area contributed by atoms with E-state index in [1.54, 1.807) is 28.8 Å². The summed E-state index contributed by atoms with van der Waals surface area (Å²) >= 11 is 0. The molecule has 1 aliphatic heterocycles. The van der Waals surface area contributed by atoms with Gasteiger partial charge in [0.25, 0.3) is 5.91 Å². The fourth-order valence-electron chi connectivity index (χ4n) is 3.43. The Morgan fingerprint density at radius 2 is 2.10 bits per heavy atom. The molecule has 158 valence electrons. The molecule has 1 amide bonds. The van der Waals surface area contributed by atoms with Crippen molar-refractivity contribution in [2.45, 2.75) is 13.0 Å². The molecule has 12 heteroatoms. The van der Waals surface area contributed by atoms with Crippen LogP contribution < -0.4 is 0 Å². The number of rotatable bonds is 7. The topological polar surface area (TPSA) is 128 Å². The minimum Gasteiger partial charge on any atom is -0.459 e. The number of furan rings is 1. The van der Waals surface area contributed by atoms with Gasteiger partial charge in [-0.05, 0) is 17.1 Å². The third-order valence-electron chi connectivity index (χ3n) is 5.21. The highest BCUT2D eigenvalue weighted by atomic mass is 16.6. The van der Waals surface area contributed by atoms with Gasteiger partial charge in [-0.3, -0.25) is 9.69 Å². The lowest BCUT2D eigenvalue weighted by Gasteiger charge is -2.34. The Bertz CT molecular complexity index is 1020. The van der Waals surface area contributed by atoms with Crippen molar-refractivity contribution in [1.82, 2.24) is 34.3 Å². The summed E-state index contributed by atoms with van der Waals surface area (Å²) < 4.78 is 8.25. The van der Waals surface area contributed by atoms with E-state index in [1.165, 1.54) is 17.0 Å². The van der Waals surface area contributed by atoms with Crippen LogP contribution in [0, 0.1) is 10.1 Å². The number of piperazine rings is 1. The largest absolute Gasteiger partial charge is 0.459 e. The zero-order valence-electron chi connectivity index (χ0n) is 16.5. The quantitative estimate of drug-likeness (QED) is 0.405. The van der Waals surface area contributed by atoms with Crippen molar-refractivity contribution in [3.05, 3.63) is 58.2 Å². The van der Waals surface area contributed by atoms with Crippen LogP contribution in [0.5, 0.6) is 0 Å². The van der Waals surface area contributed by atoms with Gasteiger partial charge >= 0.3 is 5.82 Å². The minimum absolute atomic E-state index is 0.0602. The second kappa shape index (κ2) is 8.45. The molecule has 0 N–H and O–H groups in total. The van der Waals surface area contributed by atoms with E-state index in [2.05, 4.69) is 20.2 Å². The van der Waals surface area contributed by atoms with Gasteiger partial charge in [0.05, 0.1) is 19.0 Å². The predicted octanol–water partition coefficient (Wildman–Crippen LogP) is 0.562. The van der Waals surface area contributed by atoms with E-state index in [0.717, 1.165) is 31.7 Å². The van der Waals surface area contributed by atoms with Gasteiger partial charge in [-0.25, -0.2) is 14.2 Å². The SMILES string of the molecule is Cn1c([N+](=O)[O-])cnc1Cn1cc(CCN2CCN(C(=O)c3ccco3)CC2)nn1. The van der Waals surface area contributed by atoms with E-state index in [9.17, 15) is 14.9 Å². The second-order valence-electron chi connectivity index (χ2n) is 7.12. The molecular formula is C18H22N8O4. The summed E-state index contributed by atoms with van der Waals surface area (Å²) in [6, 6.07) is 3.40. The summed E-state index contributed by atoms with van der Waals surface area (Å²) in [5, 5.41) is 19.2. The van der Waals surface area contributed by atoms with E-state index in [1.807, 2.05) is 6.20 Å². The van der Waals surface area contributed by atoms with Gasteiger partial charge in [-0.1, -0.05) is 5.21 Å². The van der Waals surface area contributed by atoms with Crippen LogP contribution >= 0.6 is 0 Å². The molecule has 1 saturated heterocycles. The Hall–Kier alpha value is -3.54. The number of hydrogen-bond donors (Lipinski definition) is 0. The molecule has 0 aromatic carbocycles. The Morgan fingerprint density at radius 3 is 2.77 bits per heavy atom. The van der Waals surface area contributed by atoms with Gasteiger partial charge in [0.15, 0.2) is 5.76 Å². The van der Waals surface area contributed by atoms with E-state index in [0.29, 0.717) is 31.2 Å². The van der Waals surface area contributed by atoms with Gasteiger partial charge < -0.3 is 19.4 Å². The number of nitrogens with zero attached hydrogens (tertiary/aromatic N) is 8. The van der Waals surface area contributed by atoms with Crippen molar-refractivity contribution in [2.75, 3.05) is 32.7 Å². The molecule has 12 nitrogen and oxygen atoms in total. The molecule has 0 bridgehead atoms. The van der Waals surface area contributed by atoms with Crippen molar-refractivity contribution in [3.63, 3.8) is 0 Å². The first-order chi connectivity index (χ1) is 14.5. The van der Waals surface area contributed by atoms with Crippen LogP contribution in [-0.2, 0) is 20.0 Å². The van der Waals surface area contributed by atoms with Crippen molar-refractivity contribution in [3.8, 4) is 0 Å². The first-order valence-electron chi connectivity index (χ1n) is 9.60. The minimum atomic E-state index is -0.467. The maximum absolute atomic E-state index is 12.3. The molecule has 0 atom stereocenters. The number of imidazole rings is 1. The van der Waals surface area contributed by atoms with Crippen LogP contribution in [0.15, 0.2) is 35.2 Å². The lowest BCUT2D eigenvalue weighted by Crippen LogP contribution is -2.49. The van der Waals surface area contributed by atoms with Crippen molar-refractivity contribution < 1.29 is 14.1 Å². The highest BCUT2D eigenvalue weighted by molar-refractivity contribution is 5.91. The number of hydrogen-bond acceptors (Lipinski definition) is 8. The number of carbonyl (C=O) groups is 1. The molecule has 3 aromatic heterocycles. The number of aromatic nitrogens is 5. The highest BCUT2D eigenvalue weighted by Crippen LogP contribution is 2.13. The molecule has 4 heterocycles. The molecule has 0 aliphatic carbocycles. The lowest BCUT2D eigenvalue weighted by atomic mass is 10.2. The zero-order chi connectivity index (χ0) is 21.1. The number of carbonyl (C=O) groups excluding carboxylic acids is 1. The third-order valence-corrected chi connectivity index (χ3v) is 5.21. The second-order valence-corrected chi connectivity index (χ2v) is 7.12. The molecule has 4 rings (SSSR count). The standard InChI is InChI=1S/C18H22N8O4/c1-22-16(19-11-17(22)26(28)29)13-25-12-14(20-21-25)4-5-23-6-8-24(9-7-23)18(27)15-3-2-10-30-15/h2-3,10-12H,4-9,13H2,1H3. The first-order valence-corrected chi connectivity index (χ1v) is 9.60. The van der Waals surface area contributed by atoms with Crippen LogP contribution in [0.4, 0.5) is 5.82 Å². The summed E-state index contributed by atoms with van der Waals surface area (Å²) in [5.41, 5.74) is 0.841.